The summed E-state index contributed by atoms with van der Waals surface area (Å²) in [5.41, 5.74) is 0.921. The van der Waals surface area contributed by atoms with Crippen LogP contribution in [0, 0.1) is 23.7 Å². The van der Waals surface area contributed by atoms with Crippen LogP contribution in [0.3, 0.4) is 0 Å². The average Bonchev–Trinajstić information content (AvgIpc) is 2.70. The predicted octanol–water partition coefficient (Wildman–Crippen LogP) is 5.61. The van der Waals surface area contributed by atoms with Gasteiger partial charge in [0.05, 0.1) is 0 Å². The third kappa shape index (κ3) is 14.3. The van der Waals surface area contributed by atoms with Crippen molar-refractivity contribution in [1.29, 1.82) is 0 Å². The van der Waals surface area contributed by atoms with Crippen LogP contribution in [0.4, 0.5) is 0 Å². The fraction of sp³-hybridized carbons (Fsp3) is 0.500. The van der Waals surface area contributed by atoms with Gasteiger partial charge >= 0.3 is 5.97 Å². The summed E-state index contributed by atoms with van der Waals surface area (Å²) in [6.45, 7) is 2.49. The lowest BCUT2D eigenvalue weighted by Gasteiger charge is -2.04. The SMILES string of the molecule is CCCC/C=C/C#CC#CCCCCCCCC(=O)OCc1cccnc1. The molecule has 0 aliphatic rings. The van der Waals surface area contributed by atoms with Gasteiger partial charge in [0.25, 0.3) is 0 Å². The molecule has 1 aromatic heterocycles. The maximum Gasteiger partial charge on any atom is 0.306 e. The first-order valence-corrected chi connectivity index (χ1v) is 10.0. The van der Waals surface area contributed by atoms with Gasteiger partial charge in [0, 0.05) is 30.8 Å². The third-order valence-electron chi connectivity index (χ3n) is 3.95. The van der Waals surface area contributed by atoms with E-state index in [9.17, 15) is 4.79 Å². The van der Waals surface area contributed by atoms with E-state index >= 15 is 0 Å². The van der Waals surface area contributed by atoms with Gasteiger partial charge in [-0.1, -0.05) is 63.0 Å². The van der Waals surface area contributed by atoms with Crippen molar-refractivity contribution in [1.82, 2.24) is 4.98 Å². The van der Waals surface area contributed by atoms with Crippen molar-refractivity contribution >= 4 is 5.97 Å². The van der Waals surface area contributed by atoms with Crippen LogP contribution in [0.25, 0.3) is 0 Å². The Labute approximate surface area is 164 Å². The fourth-order valence-corrected chi connectivity index (χ4v) is 2.38. The molecular formula is C24H31NO2. The van der Waals surface area contributed by atoms with Gasteiger partial charge in [-0.3, -0.25) is 9.78 Å². The van der Waals surface area contributed by atoms with Gasteiger partial charge in [0.15, 0.2) is 0 Å². The Kier molecular flexibility index (Phi) is 14.1. The number of unbranched alkanes of at least 4 members (excludes halogenated alkanes) is 7. The summed E-state index contributed by atoms with van der Waals surface area (Å²) >= 11 is 0. The summed E-state index contributed by atoms with van der Waals surface area (Å²) in [5, 5.41) is 0. The molecule has 0 amide bonds. The molecule has 0 bridgehead atoms. The molecule has 0 aliphatic heterocycles. The number of nitrogens with zero attached hydrogens (tertiary/aromatic N) is 1. The van der Waals surface area contributed by atoms with E-state index in [1.54, 1.807) is 12.4 Å². The molecule has 0 N–H and O–H groups in total. The number of pyridine rings is 1. The first-order chi connectivity index (χ1) is 13.3. The van der Waals surface area contributed by atoms with Gasteiger partial charge in [-0.2, -0.15) is 0 Å². The zero-order chi connectivity index (χ0) is 19.4. The van der Waals surface area contributed by atoms with Gasteiger partial charge in [-0.25, -0.2) is 0 Å². The number of hydrogen-bond acceptors (Lipinski definition) is 3. The maximum absolute atomic E-state index is 11.7. The summed E-state index contributed by atoms with van der Waals surface area (Å²) in [6, 6.07) is 3.74. The molecule has 1 heterocycles. The van der Waals surface area contributed by atoms with Crippen molar-refractivity contribution in [3.05, 3.63) is 42.2 Å². The minimum Gasteiger partial charge on any atom is -0.461 e. The van der Waals surface area contributed by atoms with Crippen molar-refractivity contribution < 1.29 is 9.53 Å². The second-order valence-electron chi connectivity index (χ2n) is 6.41. The Morgan fingerprint density at radius 2 is 2.00 bits per heavy atom. The maximum atomic E-state index is 11.7. The van der Waals surface area contributed by atoms with E-state index < -0.39 is 0 Å². The molecule has 0 fully saturated rings. The summed E-state index contributed by atoms with van der Waals surface area (Å²) < 4.78 is 5.23. The quantitative estimate of drug-likeness (QED) is 0.275. The minimum atomic E-state index is -0.132. The Hall–Kier alpha value is -2.52. The second kappa shape index (κ2) is 16.9. The Morgan fingerprint density at radius 3 is 2.81 bits per heavy atom. The average molecular weight is 366 g/mol. The van der Waals surface area contributed by atoms with Crippen molar-refractivity contribution in [2.75, 3.05) is 0 Å². The highest BCUT2D eigenvalue weighted by Crippen LogP contribution is 2.08. The van der Waals surface area contributed by atoms with Crippen molar-refractivity contribution in [3.8, 4) is 23.7 Å². The van der Waals surface area contributed by atoms with Gasteiger partial charge < -0.3 is 4.74 Å². The van der Waals surface area contributed by atoms with Crippen LogP contribution in [0.1, 0.15) is 76.7 Å². The minimum absolute atomic E-state index is 0.132. The molecule has 0 saturated heterocycles. The summed E-state index contributed by atoms with van der Waals surface area (Å²) in [7, 11) is 0. The van der Waals surface area contributed by atoms with Crippen molar-refractivity contribution in [3.63, 3.8) is 0 Å². The molecule has 0 aliphatic carbocycles. The van der Waals surface area contributed by atoms with Gasteiger partial charge in [-0.05, 0) is 43.2 Å². The van der Waals surface area contributed by atoms with E-state index in [0.717, 1.165) is 50.5 Å². The number of carbonyl (C=O) groups is 1. The summed E-state index contributed by atoms with van der Waals surface area (Å²) in [4.78, 5) is 15.7. The molecule has 3 heteroatoms. The fourth-order valence-electron chi connectivity index (χ4n) is 2.38. The van der Waals surface area contributed by atoms with Crippen LogP contribution >= 0.6 is 0 Å². The summed E-state index contributed by atoms with van der Waals surface area (Å²) in [5.74, 6) is 11.7. The first kappa shape index (κ1) is 22.5. The Bertz CT molecular complexity index is 656. The molecule has 0 aromatic carbocycles. The van der Waals surface area contributed by atoms with Crippen molar-refractivity contribution in [2.24, 2.45) is 0 Å². The van der Waals surface area contributed by atoms with E-state index in [4.69, 9.17) is 4.74 Å². The number of ether oxygens (including phenoxy) is 1. The van der Waals surface area contributed by atoms with Crippen LogP contribution in [0.15, 0.2) is 36.7 Å². The van der Waals surface area contributed by atoms with E-state index in [1.807, 2.05) is 18.2 Å². The van der Waals surface area contributed by atoms with Crippen LogP contribution < -0.4 is 0 Å². The lowest BCUT2D eigenvalue weighted by atomic mass is 10.1. The summed E-state index contributed by atoms with van der Waals surface area (Å²) in [6.07, 6.45) is 17.6. The zero-order valence-corrected chi connectivity index (χ0v) is 16.5. The lowest BCUT2D eigenvalue weighted by Crippen LogP contribution is -2.04. The predicted molar refractivity (Wildman–Crippen MR) is 111 cm³/mol. The van der Waals surface area contributed by atoms with Gasteiger partial charge in [0.1, 0.15) is 6.61 Å². The molecule has 3 nitrogen and oxygen atoms in total. The molecule has 0 spiro atoms. The second-order valence-corrected chi connectivity index (χ2v) is 6.41. The highest BCUT2D eigenvalue weighted by Gasteiger charge is 2.03. The molecule has 1 aromatic rings. The highest BCUT2D eigenvalue weighted by molar-refractivity contribution is 5.69. The number of aromatic nitrogens is 1. The van der Waals surface area contributed by atoms with E-state index in [2.05, 4.69) is 41.7 Å². The van der Waals surface area contributed by atoms with Crippen LogP contribution in [0.5, 0.6) is 0 Å². The Morgan fingerprint density at radius 1 is 1.15 bits per heavy atom. The van der Waals surface area contributed by atoms with Crippen LogP contribution in [-0.4, -0.2) is 11.0 Å². The molecule has 0 unspecified atom stereocenters. The molecule has 144 valence electrons. The standard InChI is InChI=1S/C24H31NO2/c1-2-3-4-5-6-7-8-9-10-11-12-13-14-15-16-19-24(26)27-22-23-18-17-20-25-21-23/h5-6,17-18,20-21H,2-4,11-16,19,22H2,1H3/b6-5+. The third-order valence-corrected chi connectivity index (χ3v) is 3.95. The highest BCUT2D eigenvalue weighted by atomic mass is 16.5. The monoisotopic (exact) mass is 365 g/mol. The zero-order valence-electron chi connectivity index (χ0n) is 16.5. The molecule has 0 radical (unpaired) electrons. The van der Waals surface area contributed by atoms with E-state index in [-0.39, 0.29) is 5.97 Å². The van der Waals surface area contributed by atoms with E-state index in [0.29, 0.717) is 13.0 Å². The number of rotatable bonds is 12. The Balaban J connectivity index is 1.93. The van der Waals surface area contributed by atoms with Crippen LogP contribution in [0.2, 0.25) is 0 Å². The lowest BCUT2D eigenvalue weighted by molar-refractivity contribution is -0.145. The molecule has 0 saturated carbocycles. The number of allylic oxidation sites excluding steroid dienone is 2. The molecule has 0 atom stereocenters. The number of carbonyl (C=O) groups excluding carboxylic acids is 1. The largest absolute Gasteiger partial charge is 0.461 e. The molecule has 1 rings (SSSR count). The normalized spacial score (nSPS) is 9.96. The van der Waals surface area contributed by atoms with Crippen molar-refractivity contribution in [2.45, 2.75) is 77.7 Å². The number of esters is 1. The van der Waals surface area contributed by atoms with E-state index in [1.165, 1.54) is 12.8 Å². The molecule has 27 heavy (non-hydrogen) atoms. The smallest absolute Gasteiger partial charge is 0.306 e. The van der Waals surface area contributed by atoms with Gasteiger partial charge in [-0.15, -0.1) is 0 Å². The van der Waals surface area contributed by atoms with Gasteiger partial charge in [0.2, 0.25) is 0 Å². The topological polar surface area (TPSA) is 39.2 Å². The first-order valence-electron chi connectivity index (χ1n) is 10.0. The van der Waals surface area contributed by atoms with Crippen LogP contribution in [-0.2, 0) is 16.1 Å². The number of hydrogen-bond donors (Lipinski definition) is 0. The molecular weight excluding hydrogens is 334 g/mol.